The summed E-state index contributed by atoms with van der Waals surface area (Å²) in [6, 6.07) is 8.86. The number of hydrogen-bond acceptors (Lipinski definition) is 2. The van der Waals surface area contributed by atoms with E-state index in [0.717, 1.165) is 32.2 Å². The highest BCUT2D eigenvalue weighted by molar-refractivity contribution is 5.78. The van der Waals surface area contributed by atoms with E-state index in [1.807, 2.05) is 11.9 Å². The summed E-state index contributed by atoms with van der Waals surface area (Å²) in [5.74, 6) is 1.39. The van der Waals surface area contributed by atoms with Gasteiger partial charge in [-0.05, 0) is 48.6 Å². The van der Waals surface area contributed by atoms with Crippen molar-refractivity contribution in [1.82, 2.24) is 10.2 Å². The van der Waals surface area contributed by atoms with Gasteiger partial charge in [0.25, 0.3) is 0 Å². The molecule has 130 valence electrons. The summed E-state index contributed by atoms with van der Waals surface area (Å²) in [5.41, 5.74) is 2.56. The van der Waals surface area contributed by atoms with Crippen LogP contribution in [0.1, 0.15) is 43.7 Å². The topological polar surface area (TPSA) is 49.4 Å². The minimum absolute atomic E-state index is 0.168. The van der Waals surface area contributed by atoms with Gasteiger partial charge < -0.3 is 10.2 Å². The lowest BCUT2D eigenvalue weighted by Crippen LogP contribution is -2.38. The second-order valence-corrected chi connectivity index (χ2v) is 7.33. The van der Waals surface area contributed by atoms with Crippen molar-refractivity contribution in [3.8, 4) is 0 Å². The lowest BCUT2D eigenvalue weighted by Gasteiger charge is -2.25. The molecule has 1 aromatic rings. The number of fused-ring (bicyclic) bond motifs is 1. The highest BCUT2D eigenvalue weighted by Crippen LogP contribution is 2.38. The van der Waals surface area contributed by atoms with Crippen molar-refractivity contribution in [2.75, 3.05) is 13.6 Å². The molecule has 0 radical (unpaired) electrons. The summed E-state index contributed by atoms with van der Waals surface area (Å²) in [5, 5.41) is 2.96. The average Bonchev–Trinajstić information content (AvgIpc) is 3.02. The minimum Gasteiger partial charge on any atom is -0.356 e. The summed E-state index contributed by atoms with van der Waals surface area (Å²) >= 11 is 0. The molecular weight excluding hydrogens is 300 g/mol. The Balaban J connectivity index is 1.50. The van der Waals surface area contributed by atoms with E-state index in [9.17, 15) is 9.59 Å². The van der Waals surface area contributed by atoms with E-state index in [0.29, 0.717) is 30.7 Å². The van der Waals surface area contributed by atoms with Crippen LogP contribution in [0.5, 0.6) is 0 Å². The maximum absolute atomic E-state index is 12.5. The molecule has 24 heavy (non-hydrogen) atoms. The first-order valence-electron chi connectivity index (χ1n) is 9.17. The lowest BCUT2D eigenvalue weighted by molar-refractivity contribution is -0.131. The number of nitrogens with zero attached hydrogens (tertiary/aromatic N) is 1. The normalized spacial score (nSPS) is 25.9. The van der Waals surface area contributed by atoms with Crippen molar-refractivity contribution in [2.24, 2.45) is 11.8 Å². The Hall–Kier alpha value is -1.84. The van der Waals surface area contributed by atoms with E-state index in [2.05, 4.69) is 36.5 Å². The smallest absolute Gasteiger partial charge is 0.222 e. The van der Waals surface area contributed by atoms with E-state index in [4.69, 9.17) is 0 Å². The van der Waals surface area contributed by atoms with Crippen LogP contribution in [-0.2, 0) is 22.4 Å². The molecule has 2 amide bonds. The summed E-state index contributed by atoms with van der Waals surface area (Å²) in [6.45, 7) is 2.93. The largest absolute Gasteiger partial charge is 0.356 e. The molecule has 4 nitrogen and oxygen atoms in total. The third-order valence-corrected chi connectivity index (χ3v) is 5.83. The molecule has 0 bridgehead atoms. The maximum Gasteiger partial charge on any atom is 0.222 e. The fraction of sp³-hybridized carbons (Fsp3) is 0.600. The number of carbonyl (C=O) groups excluding carboxylic acids is 2. The van der Waals surface area contributed by atoms with Gasteiger partial charge in [-0.3, -0.25) is 9.59 Å². The number of rotatable bonds is 5. The number of piperidine rings is 1. The number of carbonyl (C=O) groups is 2. The summed E-state index contributed by atoms with van der Waals surface area (Å²) in [7, 11) is 1.93. The van der Waals surface area contributed by atoms with Gasteiger partial charge in [-0.1, -0.05) is 31.2 Å². The van der Waals surface area contributed by atoms with Crippen LogP contribution in [0.4, 0.5) is 0 Å². The van der Waals surface area contributed by atoms with Crippen molar-refractivity contribution in [3.63, 3.8) is 0 Å². The van der Waals surface area contributed by atoms with Gasteiger partial charge in [0, 0.05) is 32.5 Å². The highest BCUT2D eigenvalue weighted by atomic mass is 16.2. The van der Waals surface area contributed by atoms with Crippen molar-refractivity contribution in [1.29, 1.82) is 0 Å². The van der Waals surface area contributed by atoms with E-state index in [1.165, 1.54) is 11.1 Å². The fourth-order valence-corrected chi connectivity index (χ4v) is 4.12. The van der Waals surface area contributed by atoms with Crippen LogP contribution in [0, 0.1) is 11.8 Å². The molecular formula is C20H28N2O2. The molecule has 2 aliphatic rings. The molecule has 3 atom stereocenters. The molecule has 4 heteroatoms. The van der Waals surface area contributed by atoms with Crippen LogP contribution in [0.25, 0.3) is 0 Å². The molecule has 1 saturated heterocycles. The molecule has 0 unspecified atom stereocenters. The first-order chi connectivity index (χ1) is 11.6. The predicted octanol–water partition coefficient (Wildman–Crippen LogP) is 2.55. The van der Waals surface area contributed by atoms with Gasteiger partial charge in [-0.15, -0.1) is 0 Å². The Morgan fingerprint density at radius 1 is 1.17 bits per heavy atom. The molecule has 0 aromatic heterocycles. The molecule has 0 spiro atoms. The number of hydrogen-bond donors (Lipinski definition) is 1. The molecule has 2 fully saturated rings. The molecule has 3 rings (SSSR count). The van der Waals surface area contributed by atoms with Crippen LogP contribution in [0.3, 0.4) is 0 Å². The maximum atomic E-state index is 12.5. The standard InChI is InChI=1S/C20H28N2O2/c1-3-14-4-6-15(7-5-14)8-9-20(24)22(2)18-10-16-12-19(23)21-13-17(16)11-18/h4-7,16-18H,3,8-13H2,1-2H3,(H,21,23)/t16-,17+,18-/m1/s1. The van der Waals surface area contributed by atoms with Crippen molar-refractivity contribution in [3.05, 3.63) is 35.4 Å². The molecule has 1 aliphatic heterocycles. The monoisotopic (exact) mass is 328 g/mol. The Labute approximate surface area is 144 Å². The third kappa shape index (κ3) is 3.80. The quantitative estimate of drug-likeness (QED) is 0.903. The van der Waals surface area contributed by atoms with Gasteiger partial charge in [0.15, 0.2) is 0 Å². The van der Waals surface area contributed by atoms with Gasteiger partial charge in [0.05, 0.1) is 0 Å². The zero-order valence-electron chi connectivity index (χ0n) is 14.8. The van der Waals surface area contributed by atoms with E-state index < -0.39 is 0 Å². The summed E-state index contributed by atoms with van der Waals surface area (Å²) in [4.78, 5) is 26.0. The predicted molar refractivity (Wildman–Crippen MR) is 94.5 cm³/mol. The number of nitrogens with one attached hydrogen (secondary N) is 1. The van der Waals surface area contributed by atoms with E-state index in [-0.39, 0.29) is 11.8 Å². The number of benzene rings is 1. The van der Waals surface area contributed by atoms with Gasteiger partial charge in [-0.2, -0.15) is 0 Å². The summed E-state index contributed by atoms with van der Waals surface area (Å²) in [6.07, 6.45) is 5.04. The van der Waals surface area contributed by atoms with Gasteiger partial charge in [0.1, 0.15) is 0 Å². The first kappa shape index (κ1) is 17.0. The Bertz CT molecular complexity index is 596. The van der Waals surface area contributed by atoms with Crippen molar-refractivity contribution >= 4 is 11.8 Å². The van der Waals surface area contributed by atoms with Gasteiger partial charge in [-0.25, -0.2) is 0 Å². The lowest BCUT2D eigenvalue weighted by atomic mass is 9.89. The van der Waals surface area contributed by atoms with Crippen LogP contribution in [0.2, 0.25) is 0 Å². The molecule has 1 heterocycles. The van der Waals surface area contributed by atoms with Crippen molar-refractivity contribution < 1.29 is 9.59 Å². The highest BCUT2D eigenvalue weighted by Gasteiger charge is 2.40. The second-order valence-electron chi connectivity index (χ2n) is 7.33. The Kier molecular flexibility index (Phi) is 5.22. The summed E-state index contributed by atoms with van der Waals surface area (Å²) < 4.78 is 0. The molecule has 1 saturated carbocycles. The van der Waals surface area contributed by atoms with Crippen LogP contribution >= 0.6 is 0 Å². The van der Waals surface area contributed by atoms with Crippen molar-refractivity contribution in [2.45, 2.75) is 51.5 Å². The zero-order valence-corrected chi connectivity index (χ0v) is 14.8. The van der Waals surface area contributed by atoms with Crippen LogP contribution in [0.15, 0.2) is 24.3 Å². The number of amides is 2. The average molecular weight is 328 g/mol. The van der Waals surface area contributed by atoms with Crippen LogP contribution < -0.4 is 5.32 Å². The zero-order chi connectivity index (χ0) is 17.1. The molecule has 1 aromatic carbocycles. The minimum atomic E-state index is 0.168. The molecule has 1 N–H and O–H groups in total. The Morgan fingerprint density at radius 3 is 2.54 bits per heavy atom. The SMILES string of the molecule is CCc1ccc(CCC(=O)N(C)[C@H]2C[C@H]3CNC(=O)C[C@H]3C2)cc1. The third-order valence-electron chi connectivity index (χ3n) is 5.83. The second kappa shape index (κ2) is 7.37. The van der Waals surface area contributed by atoms with Gasteiger partial charge >= 0.3 is 0 Å². The Morgan fingerprint density at radius 2 is 1.83 bits per heavy atom. The number of aryl methyl sites for hydroxylation is 2. The first-order valence-corrected chi connectivity index (χ1v) is 9.17. The van der Waals surface area contributed by atoms with Crippen LogP contribution in [-0.4, -0.2) is 36.3 Å². The van der Waals surface area contributed by atoms with E-state index in [1.54, 1.807) is 0 Å². The molecule has 1 aliphatic carbocycles. The van der Waals surface area contributed by atoms with E-state index >= 15 is 0 Å². The van der Waals surface area contributed by atoms with Gasteiger partial charge in [0.2, 0.25) is 11.8 Å². The fourth-order valence-electron chi connectivity index (χ4n) is 4.12.